The predicted octanol–water partition coefficient (Wildman–Crippen LogP) is 5.35. The Morgan fingerprint density at radius 1 is 1.15 bits per heavy atom. The molecule has 0 saturated carbocycles. The molecule has 0 spiro atoms. The van der Waals surface area contributed by atoms with Crippen molar-refractivity contribution in [2.45, 2.75) is 13.3 Å². The maximum Gasteiger partial charge on any atom is 0.162 e. The number of benzene rings is 2. The number of hydrogen-bond acceptors (Lipinski definition) is 2. The van der Waals surface area contributed by atoms with Crippen LogP contribution in [0.25, 0.3) is 22.3 Å². The van der Waals surface area contributed by atoms with Crippen LogP contribution in [0.1, 0.15) is 23.7 Å². The van der Waals surface area contributed by atoms with Gasteiger partial charge in [0.15, 0.2) is 5.78 Å². The molecule has 20 heavy (non-hydrogen) atoms. The van der Waals surface area contributed by atoms with E-state index >= 15 is 0 Å². The molecule has 3 heteroatoms. The maximum atomic E-state index is 11.8. The summed E-state index contributed by atoms with van der Waals surface area (Å²) in [7, 11) is 0. The normalized spacial score (nSPS) is 10.9. The molecule has 0 amide bonds. The zero-order valence-electron chi connectivity index (χ0n) is 11.0. The summed E-state index contributed by atoms with van der Waals surface area (Å²) in [6.07, 6.45) is 0.499. The molecule has 100 valence electrons. The van der Waals surface area contributed by atoms with Crippen LogP contribution in [-0.4, -0.2) is 5.78 Å². The first-order valence-electron chi connectivity index (χ1n) is 6.50. The van der Waals surface area contributed by atoms with E-state index < -0.39 is 0 Å². The number of furan rings is 1. The number of carbonyl (C=O) groups excluding carboxylic acids is 1. The van der Waals surface area contributed by atoms with E-state index in [1.54, 1.807) is 6.07 Å². The summed E-state index contributed by atoms with van der Waals surface area (Å²) < 4.78 is 5.81. The molecule has 0 aliphatic carbocycles. The second-order valence-electron chi connectivity index (χ2n) is 4.65. The molecule has 0 fully saturated rings. The molecule has 2 nitrogen and oxygen atoms in total. The number of carbonyl (C=O) groups is 1. The fourth-order valence-corrected chi connectivity index (χ4v) is 2.39. The minimum Gasteiger partial charge on any atom is -0.456 e. The zero-order valence-corrected chi connectivity index (χ0v) is 11.8. The van der Waals surface area contributed by atoms with E-state index in [-0.39, 0.29) is 5.78 Å². The van der Waals surface area contributed by atoms with Crippen molar-refractivity contribution < 1.29 is 9.21 Å². The number of fused-ring (bicyclic) bond motifs is 1. The van der Waals surface area contributed by atoms with Gasteiger partial charge >= 0.3 is 0 Å². The third-order valence-corrected chi connectivity index (χ3v) is 3.50. The van der Waals surface area contributed by atoms with Gasteiger partial charge in [-0.3, -0.25) is 4.79 Å². The monoisotopic (exact) mass is 284 g/mol. The molecule has 0 unspecified atom stereocenters. The third-order valence-electron chi connectivity index (χ3n) is 3.27. The van der Waals surface area contributed by atoms with Crippen LogP contribution in [-0.2, 0) is 0 Å². The van der Waals surface area contributed by atoms with Crippen LogP contribution < -0.4 is 0 Å². The Morgan fingerprint density at radius 2 is 2.00 bits per heavy atom. The van der Waals surface area contributed by atoms with E-state index in [4.69, 9.17) is 16.0 Å². The highest BCUT2D eigenvalue weighted by Crippen LogP contribution is 2.30. The number of hydrogen-bond donors (Lipinski definition) is 0. The van der Waals surface area contributed by atoms with E-state index in [0.717, 1.165) is 22.3 Å². The van der Waals surface area contributed by atoms with Gasteiger partial charge in [-0.05, 0) is 30.3 Å². The van der Waals surface area contributed by atoms with Gasteiger partial charge in [-0.2, -0.15) is 0 Å². The van der Waals surface area contributed by atoms with E-state index in [1.165, 1.54) is 0 Å². The van der Waals surface area contributed by atoms with E-state index in [2.05, 4.69) is 0 Å². The van der Waals surface area contributed by atoms with Crippen molar-refractivity contribution in [2.75, 3.05) is 0 Å². The topological polar surface area (TPSA) is 30.2 Å². The van der Waals surface area contributed by atoms with E-state index in [9.17, 15) is 4.79 Å². The fourth-order valence-electron chi connectivity index (χ4n) is 2.21. The maximum absolute atomic E-state index is 11.8. The number of Topliss-reactive ketones (excluding diaryl/α,β-unsaturated/α-hetero) is 1. The number of ketones is 1. The molecule has 1 aromatic heterocycles. The molecule has 0 aliphatic heterocycles. The second kappa shape index (κ2) is 5.14. The fraction of sp³-hybridized carbons (Fsp3) is 0.118. The molecule has 3 rings (SSSR count). The van der Waals surface area contributed by atoms with Crippen molar-refractivity contribution in [3.63, 3.8) is 0 Å². The second-order valence-corrected chi connectivity index (χ2v) is 5.09. The van der Waals surface area contributed by atoms with Gasteiger partial charge < -0.3 is 4.42 Å². The first kappa shape index (κ1) is 12.9. The molecule has 0 radical (unpaired) electrons. The lowest BCUT2D eigenvalue weighted by atomic mass is 10.0. The molecule has 2 aromatic carbocycles. The largest absolute Gasteiger partial charge is 0.456 e. The third kappa shape index (κ3) is 2.35. The van der Waals surface area contributed by atoms with Crippen LogP contribution in [0.15, 0.2) is 52.9 Å². The highest BCUT2D eigenvalue weighted by Gasteiger charge is 2.09. The van der Waals surface area contributed by atoms with Crippen LogP contribution in [0.3, 0.4) is 0 Å². The molecule has 3 aromatic rings. The summed E-state index contributed by atoms with van der Waals surface area (Å²) in [6, 6.07) is 15.0. The van der Waals surface area contributed by atoms with Gasteiger partial charge in [-0.15, -0.1) is 0 Å². The van der Waals surface area contributed by atoms with Crippen molar-refractivity contribution in [3.05, 3.63) is 59.1 Å². The van der Waals surface area contributed by atoms with Crippen molar-refractivity contribution in [1.82, 2.24) is 0 Å². The lowest BCUT2D eigenvalue weighted by Gasteiger charge is -2.00. The van der Waals surface area contributed by atoms with Gasteiger partial charge in [0.2, 0.25) is 0 Å². The summed E-state index contributed by atoms with van der Waals surface area (Å²) in [5.74, 6) is 0.874. The zero-order chi connectivity index (χ0) is 14.1. The Balaban J connectivity index is 2.08. The average molecular weight is 285 g/mol. The lowest BCUT2D eigenvalue weighted by Crippen LogP contribution is -1.95. The smallest absolute Gasteiger partial charge is 0.162 e. The summed E-state index contributed by atoms with van der Waals surface area (Å²) in [5.41, 5.74) is 2.40. The van der Waals surface area contributed by atoms with Crippen LogP contribution in [0.5, 0.6) is 0 Å². The van der Waals surface area contributed by atoms with Gasteiger partial charge in [0, 0.05) is 28.0 Å². The Morgan fingerprint density at radius 3 is 2.80 bits per heavy atom. The summed E-state index contributed by atoms with van der Waals surface area (Å²) in [4.78, 5) is 11.8. The molecule has 0 saturated heterocycles. The van der Waals surface area contributed by atoms with Crippen molar-refractivity contribution in [2.24, 2.45) is 0 Å². The van der Waals surface area contributed by atoms with Crippen LogP contribution in [0.2, 0.25) is 5.02 Å². The standard InChI is InChI=1S/C17H13ClO2/c1-2-15(19)11-4-3-5-12(8-11)17-10-13-9-14(18)6-7-16(13)20-17/h3-10H,2H2,1H3. The molecule has 0 N–H and O–H groups in total. The van der Waals surface area contributed by atoms with Gasteiger partial charge in [-0.25, -0.2) is 0 Å². The first-order chi connectivity index (χ1) is 9.67. The Labute approximate surface area is 122 Å². The van der Waals surface area contributed by atoms with E-state index in [0.29, 0.717) is 17.0 Å². The lowest BCUT2D eigenvalue weighted by molar-refractivity contribution is 0.0988. The van der Waals surface area contributed by atoms with Crippen LogP contribution in [0, 0.1) is 0 Å². The molecular formula is C17H13ClO2. The number of halogens is 1. The highest BCUT2D eigenvalue weighted by atomic mass is 35.5. The Kier molecular flexibility index (Phi) is 3.33. The Hall–Kier alpha value is -2.06. The summed E-state index contributed by atoms with van der Waals surface area (Å²) in [5, 5.41) is 1.64. The SMILES string of the molecule is CCC(=O)c1cccc(-c2cc3cc(Cl)ccc3o2)c1. The van der Waals surface area contributed by atoms with Crippen molar-refractivity contribution in [1.29, 1.82) is 0 Å². The van der Waals surface area contributed by atoms with Gasteiger partial charge in [0.25, 0.3) is 0 Å². The molecule has 0 aliphatic rings. The van der Waals surface area contributed by atoms with Crippen LogP contribution in [0.4, 0.5) is 0 Å². The minimum absolute atomic E-state index is 0.131. The highest BCUT2D eigenvalue weighted by molar-refractivity contribution is 6.31. The first-order valence-corrected chi connectivity index (χ1v) is 6.88. The van der Waals surface area contributed by atoms with Crippen molar-refractivity contribution >= 4 is 28.4 Å². The Bertz CT molecular complexity index is 787. The van der Waals surface area contributed by atoms with Gasteiger partial charge in [0.1, 0.15) is 11.3 Å². The van der Waals surface area contributed by atoms with Crippen LogP contribution >= 0.6 is 11.6 Å². The predicted molar refractivity (Wildman–Crippen MR) is 81.3 cm³/mol. The average Bonchev–Trinajstić information content (AvgIpc) is 2.89. The molecular weight excluding hydrogens is 272 g/mol. The van der Waals surface area contributed by atoms with Gasteiger partial charge in [-0.1, -0.05) is 36.7 Å². The summed E-state index contributed by atoms with van der Waals surface area (Å²) in [6.45, 7) is 1.86. The molecule has 0 bridgehead atoms. The molecule has 1 heterocycles. The van der Waals surface area contributed by atoms with Gasteiger partial charge in [0.05, 0.1) is 0 Å². The quantitative estimate of drug-likeness (QED) is 0.607. The summed E-state index contributed by atoms with van der Waals surface area (Å²) >= 11 is 5.97. The molecule has 0 atom stereocenters. The number of rotatable bonds is 3. The minimum atomic E-state index is 0.131. The van der Waals surface area contributed by atoms with E-state index in [1.807, 2.05) is 49.4 Å². The van der Waals surface area contributed by atoms with Crippen molar-refractivity contribution in [3.8, 4) is 11.3 Å².